The zero-order valence-electron chi connectivity index (χ0n) is 10.8. The fourth-order valence-corrected chi connectivity index (χ4v) is 2.45. The van der Waals surface area contributed by atoms with E-state index in [1.54, 1.807) is 29.5 Å². The zero-order valence-corrected chi connectivity index (χ0v) is 12.3. The summed E-state index contributed by atoms with van der Waals surface area (Å²) in [6.07, 6.45) is 0.284. The summed E-state index contributed by atoms with van der Waals surface area (Å²) in [6.45, 7) is 0.907. The van der Waals surface area contributed by atoms with E-state index in [9.17, 15) is 4.79 Å². The molecule has 106 valence electrons. The molecular formula is C14H15ClN2O2S. The molecule has 2 rings (SSSR count). The van der Waals surface area contributed by atoms with Gasteiger partial charge in [0.05, 0.1) is 30.3 Å². The summed E-state index contributed by atoms with van der Waals surface area (Å²) in [5.41, 5.74) is 6.71. The predicted molar refractivity (Wildman–Crippen MR) is 83.1 cm³/mol. The van der Waals surface area contributed by atoms with Crippen molar-refractivity contribution in [1.82, 2.24) is 0 Å². The van der Waals surface area contributed by atoms with Gasteiger partial charge in [-0.3, -0.25) is 4.79 Å². The first kappa shape index (κ1) is 14.8. The lowest BCUT2D eigenvalue weighted by Gasteiger charge is -2.08. The number of halogens is 1. The van der Waals surface area contributed by atoms with Gasteiger partial charge in [0.1, 0.15) is 0 Å². The van der Waals surface area contributed by atoms with E-state index in [0.717, 1.165) is 4.88 Å². The van der Waals surface area contributed by atoms with E-state index < -0.39 is 0 Å². The van der Waals surface area contributed by atoms with Crippen LogP contribution in [0, 0.1) is 0 Å². The topological polar surface area (TPSA) is 64.3 Å². The minimum atomic E-state index is -0.136. The first-order chi connectivity index (χ1) is 9.65. The van der Waals surface area contributed by atoms with Gasteiger partial charge in [-0.15, -0.1) is 11.3 Å². The third-order valence-corrected chi connectivity index (χ3v) is 3.73. The van der Waals surface area contributed by atoms with E-state index in [-0.39, 0.29) is 12.3 Å². The van der Waals surface area contributed by atoms with Crippen molar-refractivity contribution in [2.24, 2.45) is 0 Å². The Bertz CT molecular complexity index is 573. The van der Waals surface area contributed by atoms with Crippen LogP contribution in [0.25, 0.3) is 0 Å². The van der Waals surface area contributed by atoms with Crippen LogP contribution in [0.1, 0.15) is 11.3 Å². The van der Waals surface area contributed by atoms with Crippen molar-refractivity contribution in [3.8, 4) is 0 Å². The van der Waals surface area contributed by atoms with Crippen LogP contribution < -0.4 is 11.1 Å². The zero-order chi connectivity index (χ0) is 14.4. The van der Waals surface area contributed by atoms with Crippen molar-refractivity contribution in [2.45, 2.75) is 13.0 Å². The molecule has 0 aliphatic heterocycles. The first-order valence-corrected chi connectivity index (χ1v) is 7.36. The average Bonchev–Trinajstić information content (AvgIpc) is 2.91. The Morgan fingerprint density at radius 2 is 2.25 bits per heavy atom. The fourth-order valence-electron chi connectivity index (χ4n) is 1.58. The molecule has 6 heteroatoms. The largest absolute Gasteiger partial charge is 0.399 e. The lowest BCUT2D eigenvalue weighted by atomic mass is 10.2. The number of carbonyl (C=O) groups excluding carboxylic acids is 1. The molecule has 0 aliphatic carbocycles. The molecule has 0 fully saturated rings. The number of nitrogens with one attached hydrogen (secondary N) is 1. The molecule has 1 amide bonds. The summed E-state index contributed by atoms with van der Waals surface area (Å²) >= 11 is 7.61. The standard InChI is InChI=1S/C14H15ClN2O2S/c15-12-8-10(16)3-4-13(12)17-14(18)5-6-19-9-11-2-1-7-20-11/h1-4,7-8H,5-6,9,16H2,(H,17,18). The normalized spacial score (nSPS) is 10.4. The maximum atomic E-state index is 11.7. The Labute approximate surface area is 126 Å². The van der Waals surface area contributed by atoms with Gasteiger partial charge in [-0.2, -0.15) is 0 Å². The quantitative estimate of drug-likeness (QED) is 0.633. The monoisotopic (exact) mass is 310 g/mol. The number of ether oxygens (including phenoxy) is 1. The molecule has 1 aromatic heterocycles. The van der Waals surface area contributed by atoms with E-state index in [1.165, 1.54) is 0 Å². The highest BCUT2D eigenvalue weighted by molar-refractivity contribution is 7.09. The molecule has 1 heterocycles. The average molecular weight is 311 g/mol. The van der Waals surface area contributed by atoms with Crippen LogP contribution in [-0.4, -0.2) is 12.5 Å². The summed E-state index contributed by atoms with van der Waals surface area (Å²) in [7, 11) is 0. The molecule has 0 atom stereocenters. The Kier molecular flexibility index (Phi) is 5.40. The number of hydrogen-bond donors (Lipinski definition) is 2. The number of rotatable bonds is 6. The van der Waals surface area contributed by atoms with Crippen LogP contribution in [0.3, 0.4) is 0 Å². The van der Waals surface area contributed by atoms with Gasteiger partial charge < -0.3 is 15.8 Å². The van der Waals surface area contributed by atoms with Gasteiger partial charge in [0.25, 0.3) is 0 Å². The third-order valence-electron chi connectivity index (χ3n) is 2.57. The number of hydrogen-bond acceptors (Lipinski definition) is 4. The molecule has 0 spiro atoms. The number of nitrogen functional groups attached to an aromatic ring is 1. The molecule has 0 unspecified atom stereocenters. The molecule has 0 aliphatic rings. The highest BCUT2D eigenvalue weighted by atomic mass is 35.5. The van der Waals surface area contributed by atoms with E-state index in [2.05, 4.69) is 5.32 Å². The van der Waals surface area contributed by atoms with Gasteiger partial charge in [0.2, 0.25) is 5.91 Å². The molecular weight excluding hydrogens is 296 g/mol. The van der Waals surface area contributed by atoms with Gasteiger partial charge in [0, 0.05) is 10.6 Å². The smallest absolute Gasteiger partial charge is 0.226 e. The fraction of sp³-hybridized carbons (Fsp3) is 0.214. The maximum Gasteiger partial charge on any atom is 0.226 e. The summed E-state index contributed by atoms with van der Waals surface area (Å²) in [4.78, 5) is 12.9. The Morgan fingerprint density at radius 3 is 2.95 bits per heavy atom. The minimum Gasteiger partial charge on any atom is -0.399 e. The van der Waals surface area contributed by atoms with Crippen LogP contribution in [0.5, 0.6) is 0 Å². The number of benzene rings is 1. The Balaban J connectivity index is 1.72. The van der Waals surface area contributed by atoms with Crippen molar-refractivity contribution < 1.29 is 9.53 Å². The second-order valence-corrected chi connectivity index (χ2v) is 5.61. The molecule has 2 aromatic rings. The number of nitrogens with two attached hydrogens (primary N) is 1. The van der Waals surface area contributed by atoms with Crippen LogP contribution in [0.4, 0.5) is 11.4 Å². The van der Waals surface area contributed by atoms with Gasteiger partial charge in [-0.05, 0) is 29.6 Å². The second kappa shape index (κ2) is 7.28. The lowest BCUT2D eigenvalue weighted by Crippen LogP contribution is -2.14. The molecule has 0 saturated heterocycles. The number of amides is 1. The Hall–Kier alpha value is -1.56. The van der Waals surface area contributed by atoms with Gasteiger partial charge >= 0.3 is 0 Å². The minimum absolute atomic E-state index is 0.136. The first-order valence-electron chi connectivity index (χ1n) is 6.10. The maximum absolute atomic E-state index is 11.7. The number of thiophene rings is 1. The van der Waals surface area contributed by atoms with Crippen molar-refractivity contribution in [3.63, 3.8) is 0 Å². The highest BCUT2D eigenvalue weighted by Gasteiger charge is 2.06. The van der Waals surface area contributed by atoms with Crippen LogP contribution in [0.2, 0.25) is 5.02 Å². The lowest BCUT2D eigenvalue weighted by molar-refractivity contribution is -0.117. The molecule has 1 aromatic carbocycles. The predicted octanol–water partition coefficient (Wildman–Crippen LogP) is 3.53. The molecule has 0 saturated carbocycles. The summed E-state index contributed by atoms with van der Waals surface area (Å²) in [5, 5.41) is 5.15. The van der Waals surface area contributed by atoms with Gasteiger partial charge in [-0.1, -0.05) is 17.7 Å². The van der Waals surface area contributed by atoms with E-state index in [1.807, 2.05) is 17.5 Å². The van der Waals surface area contributed by atoms with E-state index >= 15 is 0 Å². The number of anilines is 2. The van der Waals surface area contributed by atoms with Crippen molar-refractivity contribution >= 4 is 40.2 Å². The van der Waals surface area contributed by atoms with Gasteiger partial charge in [-0.25, -0.2) is 0 Å². The van der Waals surface area contributed by atoms with Crippen LogP contribution in [0.15, 0.2) is 35.7 Å². The van der Waals surface area contributed by atoms with Crippen LogP contribution >= 0.6 is 22.9 Å². The van der Waals surface area contributed by atoms with Crippen molar-refractivity contribution in [3.05, 3.63) is 45.6 Å². The highest BCUT2D eigenvalue weighted by Crippen LogP contribution is 2.24. The van der Waals surface area contributed by atoms with Crippen molar-refractivity contribution in [2.75, 3.05) is 17.7 Å². The number of carbonyl (C=O) groups is 1. The molecule has 20 heavy (non-hydrogen) atoms. The SMILES string of the molecule is Nc1ccc(NC(=O)CCOCc2cccs2)c(Cl)c1. The van der Waals surface area contributed by atoms with E-state index in [4.69, 9.17) is 22.1 Å². The van der Waals surface area contributed by atoms with Crippen LogP contribution in [-0.2, 0) is 16.1 Å². The summed E-state index contributed by atoms with van der Waals surface area (Å²) in [6, 6.07) is 8.94. The Morgan fingerprint density at radius 1 is 1.40 bits per heavy atom. The molecule has 4 nitrogen and oxygen atoms in total. The molecule has 0 radical (unpaired) electrons. The van der Waals surface area contributed by atoms with Crippen molar-refractivity contribution in [1.29, 1.82) is 0 Å². The summed E-state index contributed by atoms with van der Waals surface area (Å²) < 4.78 is 5.43. The van der Waals surface area contributed by atoms with E-state index in [0.29, 0.717) is 29.6 Å². The van der Waals surface area contributed by atoms with Gasteiger partial charge in [0.15, 0.2) is 0 Å². The second-order valence-electron chi connectivity index (χ2n) is 4.17. The molecule has 0 bridgehead atoms. The molecule has 3 N–H and O–H groups in total. The third kappa shape index (κ3) is 4.52. The summed E-state index contributed by atoms with van der Waals surface area (Å²) in [5.74, 6) is -0.136.